The van der Waals surface area contributed by atoms with Gasteiger partial charge in [-0.1, -0.05) is 6.07 Å². The van der Waals surface area contributed by atoms with Crippen LogP contribution in [0.5, 0.6) is 0 Å². The second-order valence-electron chi connectivity index (χ2n) is 4.52. The number of amides is 1. The molecule has 0 bridgehead atoms. The lowest BCUT2D eigenvalue weighted by atomic mass is 10.0. The number of carboxylic acids is 1. The molecule has 0 radical (unpaired) electrons. The molecule has 0 saturated carbocycles. The van der Waals surface area contributed by atoms with Gasteiger partial charge in [-0.05, 0) is 31.5 Å². The van der Waals surface area contributed by atoms with Gasteiger partial charge in [0.25, 0.3) is 5.91 Å². The Morgan fingerprint density at radius 2 is 2.16 bits per heavy atom. The molecule has 1 amide bonds. The van der Waals surface area contributed by atoms with Gasteiger partial charge in [0, 0.05) is 17.0 Å². The number of nitrogen functional groups attached to an aromatic ring is 1. The predicted octanol–water partition coefficient (Wildman–Crippen LogP) is 1.57. The number of thioether (sulfide) groups is 1. The SMILES string of the molecule is Cc1c(N)cccc1C(=O)N1C(C)SCC1C(=O)O. The zero-order valence-electron chi connectivity index (χ0n) is 10.8. The molecule has 3 N–H and O–H groups in total. The fraction of sp³-hybridized carbons (Fsp3) is 0.385. The third-order valence-corrected chi connectivity index (χ3v) is 4.57. The third-order valence-electron chi connectivity index (χ3n) is 3.35. The minimum atomic E-state index is -0.966. The minimum absolute atomic E-state index is 0.144. The molecular formula is C13H16N2O3S. The molecule has 19 heavy (non-hydrogen) atoms. The van der Waals surface area contributed by atoms with Gasteiger partial charge in [0.2, 0.25) is 0 Å². The first-order chi connectivity index (χ1) is 8.93. The molecule has 6 heteroatoms. The Morgan fingerprint density at radius 1 is 1.47 bits per heavy atom. The van der Waals surface area contributed by atoms with Crippen molar-refractivity contribution in [2.24, 2.45) is 0 Å². The minimum Gasteiger partial charge on any atom is -0.480 e. The number of aliphatic carboxylic acids is 1. The number of nitrogens with two attached hydrogens (primary N) is 1. The van der Waals surface area contributed by atoms with E-state index in [4.69, 9.17) is 5.73 Å². The molecule has 1 aliphatic rings. The van der Waals surface area contributed by atoms with Crippen molar-refractivity contribution in [1.29, 1.82) is 0 Å². The number of hydrogen-bond donors (Lipinski definition) is 2. The Morgan fingerprint density at radius 3 is 2.79 bits per heavy atom. The molecule has 102 valence electrons. The van der Waals surface area contributed by atoms with Crippen molar-refractivity contribution in [1.82, 2.24) is 4.90 Å². The van der Waals surface area contributed by atoms with E-state index < -0.39 is 12.0 Å². The Hall–Kier alpha value is -1.69. The zero-order valence-corrected chi connectivity index (χ0v) is 11.6. The molecule has 1 fully saturated rings. The number of benzene rings is 1. The van der Waals surface area contributed by atoms with Crippen LogP contribution in [-0.4, -0.2) is 39.1 Å². The van der Waals surface area contributed by atoms with Gasteiger partial charge in [-0.25, -0.2) is 4.79 Å². The summed E-state index contributed by atoms with van der Waals surface area (Å²) in [5.41, 5.74) is 7.50. The number of nitrogens with zero attached hydrogens (tertiary/aromatic N) is 1. The fourth-order valence-electron chi connectivity index (χ4n) is 2.17. The van der Waals surface area contributed by atoms with Crippen molar-refractivity contribution < 1.29 is 14.7 Å². The van der Waals surface area contributed by atoms with E-state index in [-0.39, 0.29) is 11.3 Å². The molecule has 2 atom stereocenters. The van der Waals surface area contributed by atoms with Crippen LogP contribution in [0.25, 0.3) is 0 Å². The number of carboxylic acid groups (broad SMARTS) is 1. The van der Waals surface area contributed by atoms with Crippen LogP contribution in [0.4, 0.5) is 5.69 Å². The fourth-order valence-corrected chi connectivity index (χ4v) is 3.33. The lowest BCUT2D eigenvalue weighted by Gasteiger charge is -2.26. The summed E-state index contributed by atoms with van der Waals surface area (Å²) in [6.07, 6.45) is 0. The topological polar surface area (TPSA) is 83.6 Å². The molecule has 5 nitrogen and oxygen atoms in total. The van der Waals surface area contributed by atoms with Crippen LogP contribution >= 0.6 is 11.8 Å². The highest BCUT2D eigenvalue weighted by molar-refractivity contribution is 8.00. The molecule has 1 aliphatic heterocycles. The highest BCUT2D eigenvalue weighted by Gasteiger charge is 2.40. The quantitative estimate of drug-likeness (QED) is 0.803. The number of rotatable bonds is 2. The monoisotopic (exact) mass is 280 g/mol. The molecule has 1 aromatic rings. The molecule has 1 aromatic carbocycles. The second-order valence-corrected chi connectivity index (χ2v) is 5.87. The molecule has 2 unspecified atom stereocenters. The van der Waals surface area contributed by atoms with E-state index in [0.717, 1.165) is 0 Å². The van der Waals surface area contributed by atoms with Gasteiger partial charge >= 0.3 is 5.97 Å². The van der Waals surface area contributed by atoms with E-state index in [0.29, 0.717) is 22.6 Å². The first-order valence-corrected chi connectivity index (χ1v) is 7.00. The second kappa shape index (κ2) is 5.13. The van der Waals surface area contributed by atoms with E-state index >= 15 is 0 Å². The average Bonchev–Trinajstić information content (AvgIpc) is 2.74. The maximum atomic E-state index is 12.5. The summed E-state index contributed by atoms with van der Waals surface area (Å²) in [6.45, 7) is 3.61. The van der Waals surface area contributed by atoms with Gasteiger partial charge in [-0.15, -0.1) is 11.8 Å². The number of anilines is 1. The molecular weight excluding hydrogens is 264 g/mol. The molecule has 0 aromatic heterocycles. The summed E-state index contributed by atoms with van der Waals surface area (Å²) in [5, 5.41) is 9.05. The molecule has 0 aliphatic carbocycles. The van der Waals surface area contributed by atoms with Gasteiger partial charge in [0.05, 0.1) is 5.37 Å². The van der Waals surface area contributed by atoms with Gasteiger partial charge < -0.3 is 15.7 Å². The smallest absolute Gasteiger partial charge is 0.327 e. The van der Waals surface area contributed by atoms with Gasteiger partial charge in [-0.2, -0.15) is 0 Å². The highest BCUT2D eigenvalue weighted by atomic mass is 32.2. The number of hydrogen-bond acceptors (Lipinski definition) is 4. The molecule has 2 rings (SSSR count). The Bertz CT molecular complexity index is 533. The Balaban J connectivity index is 2.37. The van der Waals surface area contributed by atoms with Crippen LogP contribution in [0.1, 0.15) is 22.8 Å². The summed E-state index contributed by atoms with van der Waals surface area (Å²) in [7, 11) is 0. The molecule has 1 saturated heterocycles. The van der Waals surface area contributed by atoms with Crippen LogP contribution in [0.2, 0.25) is 0 Å². The van der Waals surface area contributed by atoms with E-state index in [9.17, 15) is 14.7 Å². The lowest BCUT2D eigenvalue weighted by molar-refractivity contribution is -0.141. The first-order valence-electron chi connectivity index (χ1n) is 5.95. The summed E-state index contributed by atoms with van der Waals surface area (Å²) >= 11 is 1.47. The van der Waals surface area contributed by atoms with E-state index in [1.54, 1.807) is 25.1 Å². The van der Waals surface area contributed by atoms with Crippen molar-refractivity contribution in [2.75, 3.05) is 11.5 Å². The van der Waals surface area contributed by atoms with E-state index in [1.807, 2.05) is 6.92 Å². The standard InChI is InChI=1S/C13H16N2O3S/c1-7-9(4-3-5-10(7)14)12(16)15-8(2)19-6-11(15)13(17)18/h3-5,8,11H,6,14H2,1-2H3,(H,17,18). The predicted molar refractivity (Wildman–Crippen MR) is 75.1 cm³/mol. The van der Waals surface area contributed by atoms with E-state index in [2.05, 4.69) is 0 Å². The van der Waals surface area contributed by atoms with Gasteiger partial charge in [0.15, 0.2) is 0 Å². The van der Waals surface area contributed by atoms with Crippen molar-refractivity contribution >= 4 is 29.3 Å². The van der Waals surface area contributed by atoms with Gasteiger partial charge in [-0.3, -0.25) is 4.79 Å². The Labute approximate surface area is 115 Å². The lowest BCUT2D eigenvalue weighted by Crippen LogP contribution is -2.45. The van der Waals surface area contributed by atoms with Crippen LogP contribution in [0, 0.1) is 6.92 Å². The zero-order chi connectivity index (χ0) is 14.2. The highest BCUT2D eigenvalue weighted by Crippen LogP contribution is 2.31. The van der Waals surface area contributed by atoms with Crippen LogP contribution in [-0.2, 0) is 4.79 Å². The van der Waals surface area contributed by atoms with Crippen molar-refractivity contribution in [2.45, 2.75) is 25.3 Å². The Kier molecular flexibility index (Phi) is 3.71. The number of carbonyl (C=O) groups is 2. The van der Waals surface area contributed by atoms with Crippen molar-refractivity contribution in [3.8, 4) is 0 Å². The average molecular weight is 280 g/mol. The molecule has 0 spiro atoms. The summed E-state index contributed by atoms with van der Waals surface area (Å²) in [5.74, 6) is -0.815. The maximum Gasteiger partial charge on any atom is 0.327 e. The largest absolute Gasteiger partial charge is 0.480 e. The van der Waals surface area contributed by atoms with Crippen molar-refractivity contribution in [3.05, 3.63) is 29.3 Å². The van der Waals surface area contributed by atoms with Crippen LogP contribution in [0.3, 0.4) is 0 Å². The van der Waals surface area contributed by atoms with Crippen molar-refractivity contribution in [3.63, 3.8) is 0 Å². The summed E-state index contributed by atoms with van der Waals surface area (Å²) < 4.78 is 0. The first kappa shape index (κ1) is 13.7. The molecule has 1 heterocycles. The van der Waals surface area contributed by atoms with Crippen LogP contribution < -0.4 is 5.73 Å². The number of carbonyl (C=O) groups excluding carboxylic acids is 1. The van der Waals surface area contributed by atoms with E-state index in [1.165, 1.54) is 16.7 Å². The van der Waals surface area contributed by atoms with Gasteiger partial charge in [0.1, 0.15) is 6.04 Å². The normalized spacial score (nSPS) is 22.5. The van der Waals surface area contributed by atoms with Crippen LogP contribution in [0.15, 0.2) is 18.2 Å². The third kappa shape index (κ3) is 2.40. The maximum absolute atomic E-state index is 12.5. The summed E-state index contributed by atoms with van der Waals surface area (Å²) in [4.78, 5) is 25.2. The summed E-state index contributed by atoms with van der Waals surface area (Å²) in [6, 6.07) is 4.35.